The summed E-state index contributed by atoms with van der Waals surface area (Å²) in [5.74, 6) is 1.68. The molecule has 0 saturated carbocycles. The molecule has 6 nitrogen and oxygen atoms in total. The predicted molar refractivity (Wildman–Crippen MR) is 84.5 cm³/mol. The molecule has 2 aromatic carbocycles. The Morgan fingerprint density at radius 2 is 1.43 bits per heavy atom. The molecule has 0 radical (unpaired) electrons. The first-order valence-corrected chi connectivity index (χ1v) is 8.15. The van der Waals surface area contributed by atoms with Crippen molar-refractivity contribution < 1.29 is 26.8 Å². The summed E-state index contributed by atoms with van der Waals surface area (Å²) in [5, 5.41) is 0. The molecule has 0 fully saturated rings. The second kappa shape index (κ2) is 7.34. The van der Waals surface area contributed by atoms with Gasteiger partial charge in [-0.05, 0) is 42.5 Å². The summed E-state index contributed by atoms with van der Waals surface area (Å²) in [5.41, 5.74) is 0.573. The van der Waals surface area contributed by atoms with Crippen molar-refractivity contribution in [2.24, 2.45) is 0 Å². The molecule has 0 atom stereocenters. The van der Waals surface area contributed by atoms with Gasteiger partial charge in [-0.25, -0.2) is 0 Å². The molecule has 0 heterocycles. The zero-order valence-corrected chi connectivity index (χ0v) is 13.9. The highest BCUT2D eigenvalue weighted by molar-refractivity contribution is 7.86. The van der Waals surface area contributed by atoms with Crippen LogP contribution in [0.3, 0.4) is 0 Å². The Morgan fingerprint density at radius 3 is 2.00 bits per heavy atom. The smallest absolute Gasteiger partial charge is 0.297 e. The molecule has 0 aliphatic rings. The largest absolute Gasteiger partial charge is 0.497 e. The van der Waals surface area contributed by atoms with Crippen molar-refractivity contribution >= 4 is 10.1 Å². The van der Waals surface area contributed by atoms with Gasteiger partial charge in [-0.1, -0.05) is 0 Å². The number of methoxy groups -OCH3 is 3. The average molecular weight is 338 g/mol. The first-order chi connectivity index (χ1) is 11.0. The van der Waals surface area contributed by atoms with Crippen molar-refractivity contribution in [2.45, 2.75) is 11.5 Å². The summed E-state index contributed by atoms with van der Waals surface area (Å²) in [4.78, 5) is 0.0557. The SMILES string of the molecule is COc1ccc(S(=O)(=O)OCc2cc(OC)ccc2OC)cc1. The van der Waals surface area contributed by atoms with Crippen LogP contribution in [0.1, 0.15) is 5.56 Å². The lowest BCUT2D eigenvalue weighted by Crippen LogP contribution is -2.07. The number of rotatable bonds is 7. The van der Waals surface area contributed by atoms with E-state index in [4.69, 9.17) is 18.4 Å². The van der Waals surface area contributed by atoms with Gasteiger partial charge in [-0.2, -0.15) is 8.42 Å². The van der Waals surface area contributed by atoms with Crippen LogP contribution in [-0.2, 0) is 20.9 Å². The molecule has 2 rings (SSSR count). The standard InChI is InChI=1S/C16H18O6S/c1-19-13-4-7-15(8-5-13)23(17,18)22-11-12-10-14(20-2)6-9-16(12)21-3/h4-10H,11H2,1-3H3. The van der Waals surface area contributed by atoms with Crippen LogP contribution in [-0.4, -0.2) is 29.7 Å². The van der Waals surface area contributed by atoms with Crippen LogP contribution in [0.15, 0.2) is 47.4 Å². The molecule has 7 heteroatoms. The van der Waals surface area contributed by atoms with Crippen LogP contribution in [0.4, 0.5) is 0 Å². The fourth-order valence-electron chi connectivity index (χ4n) is 1.95. The Morgan fingerprint density at radius 1 is 0.826 bits per heavy atom. The highest BCUT2D eigenvalue weighted by atomic mass is 32.2. The molecular formula is C16H18O6S. The number of hydrogen-bond donors (Lipinski definition) is 0. The molecular weight excluding hydrogens is 320 g/mol. The molecule has 0 spiro atoms. The van der Waals surface area contributed by atoms with Crippen LogP contribution in [0.5, 0.6) is 17.2 Å². The number of ether oxygens (including phenoxy) is 3. The molecule has 0 saturated heterocycles. The quantitative estimate of drug-likeness (QED) is 0.723. The molecule has 23 heavy (non-hydrogen) atoms. The van der Waals surface area contributed by atoms with E-state index in [2.05, 4.69) is 0 Å². The van der Waals surface area contributed by atoms with Crippen molar-refractivity contribution in [2.75, 3.05) is 21.3 Å². The van der Waals surface area contributed by atoms with Crippen molar-refractivity contribution in [3.63, 3.8) is 0 Å². The molecule has 124 valence electrons. The third-order valence-corrected chi connectivity index (χ3v) is 4.48. The van der Waals surface area contributed by atoms with Crippen LogP contribution in [0.25, 0.3) is 0 Å². The van der Waals surface area contributed by atoms with Gasteiger partial charge in [0, 0.05) is 5.56 Å². The Hall–Kier alpha value is -2.25. The summed E-state index contributed by atoms with van der Waals surface area (Å²) in [6, 6.07) is 11.1. The summed E-state index contributed by atoms with van der Waals surface area (Å²) < 4.78 is 44.9. The van der Waals surface area contributed by atoms with Gasteiger partial charge in [-0.3, -0.25) is 4.18 Å². The summed E-state index contributed by atoms with van der Waals surface area (Å²) in [6.45, 7) is -0.158. The van der Waals surface area contributed by atoms with Crippen molar-refractivity contribution in [1.82, 2.24) is 0 Å². The summed E-state index contributed by atoms with van der Waals surface area (Å²) >= 11 is 0. The maximum absolute atomic E-state index is 12.2. The van der Waals surface area contributed by atoms with Crippen molar-refractivity contribution in [1.29, 1.82) is 0 Å². The lowest BCUT2D eigenvalue weighted by atomic mass is 10.2. The first kappa shape index (κ1) is 17.1. The lowest BCUT2D eigenvalue weighted by molar-refractivity contribution is 0.298. The summed E-state index contributed by atoms with van der Waals surface area (Å²) in [7, 11) is 0.661. The second-order valence-corrected chi connectivity index (χ2v) is 6.18. The van der Waals surface area contributed by atoms with Crippen LogP contribution in [0.2, 0.25) is 0 Å². The van der Waals surface area contributed by atoms with Gasteiger partial charge in [0.1, 0.15) is 17.2 Å². The topological polar surface area (TPSA) is 71.1 Å². The van der Waals surface area contributed by atoms with E-state index in [9.17, 15) is 8.42 Å². The molecule has 0 aliphatic carbocycles. The monoisotopic (exact) mass is 338 g/mol. The van der Waals surface area contributed by atoms with E-state index in [0.29, 0.717) is 22.8 Å². The Labute approximate surface area is 135 Å². The Kier molecular flexibility index (Phi) is 5.46. The van der Waals surface area contributed by atoms with Gasteiger partial charge >= 0.3 is 0 Å². The molecule has 0 amide bonds. The average Bonchev–Trinajstić information content (AvgIpc) is 2.59. The number of benzene rings is 2. The molecule has 2 aromatic rings. The van der Waals surface area contributed by atoms with E-state index >= 15 is 0 Å². The zero-order valence-electron chi connectivity index (χ0n) is 13.1. The van der Waals surface area contributed by atoms with Crippen LogP contribution >= 0.6 is 0 Å². The fourth-order valence-corrected chi connectivity index (χ4v) is 2.83. The van der Waals surface area contributed by atoms with Crippen LogP contribution < -0.4 is 14.2 Å². The van der Waals surface area contributed by atoms with Gasteiger partial charge in [0.25, 0.3) is 10.1 Å². The highest BCUT2D eigenvalue weighted by Crippen LogP contribution is 2.26. The predicted octanol–water partition coefficient (Wildman–Crippen LogP) is 2.62. The molecule has 0 aliphatic heterocycles. The molecule has 0 N–H and O–H groups in total. The van der Waals surface area contributed by atoms with Crippen molar-refractivity contribution in [3.8, 4) is 17.2 Å². The highest BCUT2D eigenvalue weighted by Gasteiger charge is 2.17. The minimum atomic E-state index is -3.88. The van der Waals surface area contributed by atoms with E-state index in [1.165, 1.54) is 33.5 Å². The Balaban J connectivity index is 2.18. The van der Waals surface area contributed by atoms with E-state index < -0.39 is 10.1 Å². The van der Waals surface area contributed by atoms with E-state index in [0.717, 1.165) is 0 Å². The molecule has 0 unspecified atom stereocenters. The summed E-state index contributed by atoms with van der Waals surface area (Å²) in [6.07, 6.45) is 0. The first-order valence-electron chi connectivity index (χ1n) is 6.74. The lowest BCUT2D eigenvalue weighted by Gasteiger charge is -2.11. The van der Waals surface area contributed by atoms with Gasteiger partial charge in [0.05, 0.1) is 32.8 Å². The minimum absolute atomic E-state index is 0.0557. The fraction of sp³-hybridized carbons (Fsp3) is 0.250. The maximum atomic E-state index is 12.2. The van der Waals surface area contributed by atoms with Gasteiger partial charge in [0.2, 0.25) is 0 Å². The second-order valence-electron chi connectivity index (χ2n) is 4.57. The van der Waals surface area contributed by atoms with Gasteiger partial charge < -0.3 is 14.2 Å². The molecule has 0 aromatic heterocycles. The maximum Gasteiger partial charge on any atom is 0.297 e. The van der Waals surface area contributed by atoms with Gasteiger partial charge in [-0.15, -0.1) is 0 Å². The minimum Gasteiger partial charge on any atom is -0.497 e. The zero-order chi connectivity index (χ0) is 16.9. The normalized spacial score (nSPS) is 11.1. The third kappa shape index (κ3) is 4.14. The van der Waals surface area contributed by atoms with E-state index in [1.807, 2.05) is 0 Å². The van der Waals surface area contributed by atoms with E-state index in [1.54, 1.807) is 30.3 Å². The molecule has 0 bridgehead atoms. The van der Waals surface area contributed by atoms with Crippen LogP contribution in [0, 0.1) is 0 Å². The van der Waals surface area contributed by atoms with Gasteiger partial charge in [0.15, 0.2) is 0 Å². The third-order valence-electron chi connectivity index (χ3n) is 3.21. The number of hydrogen-bond acceptors (Lipinski definition) is 6. The van der Waals surface area contributed by atoms with Crippen molar-refractivity contribution in [3.05, 3.63) is 48.0 Å². The van der Waals surface area contributed by atoms with E-state index in [-0.39, 0.29) is 11.5 Å². The Bertz CT molecular complexity index is 753.